The summed E-state index contributed by atoms with van der Waals surface area (Å²) in [6.07, 6.45) is 0.571. The Morgan fingerprint density at radius 1 is 1.14 bits per heavy atom. The normalized spacial score (nSPS) is 22.5. The first-order chi connectivity index (χ1) is 10.0. The molecule has 1 atom stereocenters. The van der Waals surface area contributed by atoms with Gasteiger partial charge in [0, 0.05) is 5.69 Å². The van der Waals surface area contributed by atoms with E-state index < -0.39 is 5.54 Å². The van der Waals surface area contributed by atoms with E-state index in [1.54, 1.807) is 11.8 Å². The summed E-state index contributed by atoms with van der Waals surface area (Å²) >= 11 is 0. The number of piperazine rings is 1. The Bertz CT molecular complexity index is 726. The predicted octanol–water partition coefficient (Wildman–Crippen LogP) is 2.47. The second-order valence-corrected chi connectivity index (χ2v) is 5.66. The Labute approximate surface area is 123 Å². The molecule has 1 saturated heterocycles. The van der Waals surface area contributed by atoms with Crippen LogP contribution in [0.15, 0.2) is 42.5 Å². The van der Waals surface area contributed by atoms with E-state index in [1.807, 2.05) is 49.4 Å². The summed E-state index contributed by atoms with van der Waals surface area (Å²) in [5.74, 6) is -0.174. The first-order valence-electron chi connectivity index (χ1n) is 7.15. The molecule has 0 radical (unpaired) electrons. The zero-order valence-corrected chi connectivity index (χ0v) is 12.2. The van der Waals surface area contributed by atoms with Crippen molar-refractivity contribution >= 4 is 28.3 Å². The number of hydrogen-bond donors (Lipinski definition) is 1. The fourth-order valence-corrected chi connectivity index (χ4v) is 2.71. The lowest BCUT2D eigenvalue weighted by Crippen LogP contribution is -2.65. The minimum Gasteiger partial charge on any atom is -0.340 e. The van der Waals surface area contributed by atoms with Gasteiger partial charge in [-0.1, -0.05) is 37.3 Å². The molecule has 1 aliphatic rings. The van der Waals surface area contributed by atoms with E-state index in [-0.39, 0.29) is 18.4 Å². The molecule has 0 bridgehead atoms. The van der Waals surface area contributed by atoms with Crippen LogP contribution < -0.4 is 10.2 Å². The van der Waals surface area contributed by atoms with E-state index in [2.05, 4.69) is 5.32 Å². The van der Waals surface area contributed by atoms with Crippen LogP contribution in [0.4, 0.5) is 5.69 Å². The van der Waals surface area contributed by atoms with Crippen molar-refractivity contribution in [2.24, 2.45) is 0 Å². The molecular formula is C17H18N2O2. The van der Waals surface area contributed by atoms with Gasteiger partial charge in [-0.2, -0.15) is 0 Å². The van der Waals surface area contributed by atoms with Crippen LogP contribution in [0, 0.1) is 0 Å². The number of hydrogen-bond acceptors (Lipinski definition) is 2. The zero-order chi connectivity index (χ0) is 15.0. The first-order valence-corrected chi connectivity index (χ1v) is 7.15. The number of fused-ring (bicyclic) bond motifs is 1. The smallest absolute Gasteiger partial charge is 0.252 e. The Hall–Kier alpha value is -2.36. The molecule has 4 heteroatoms. The molecule has 1 aliphatic heterocycles. The van der Waals surface area contributed by atoms with E-state index in [4.69, 9.17) is 0 Å². The third-order valence-electron chi connectivity index (χ3n) is 4.19. The lowest BCUT2D eigenvalue weighted by Gasteiger charge is -2.39. The highest BCUT2D eigenvalue weighted by molar-refractivity contribution is 6.09. The highest BCUT2D eigenvalue weighted by Gasteiger charge is 2.42. The molecule has 1 heterocycles. The Kier molecular flexibility index (Phi) is 3.16. The number of nitrogens with zero attached hydrogens (tertiary/aromatic N) is 1. The highest BCUT2D eigenvalue weighted by atomic mass is 16.2. The summed E-state index contributed by atoms with van der Waals surface area (Å²) in [7, 11) is 0. The maximum absolute atomic E-state index is 12.7. The monoisotopic (exact) mass is 282 g/mol. The molecular weight excluding hydrogens is 264 g/mol. The molecule has 2 amide bonds. The fourth-order valence-electron chi connectivity index (χ4n) is 2.71. The summed E-state index contributed by atoms with van der Waals surface area (Å²) in [6.45, 7) is 3.76. The van der Waals surface area contributed by atoms with Crippen LogP contribution in [-0.2, 0) is 9.59 Å². The Balaban J connectivity index is 2.04. The van der Waals surface area contributed by atoms with E-state index in [0.717, 1.165) is 16.5 Å². The molecule has 4 nitrogen and oxygen atoms in total. The topological polar surface area (TPSA) is 49.4 Å². The molecule has 0 aliphatic carbocycles. The number of anilines is 1. The van der Waals surface area contributed by atoms with Crippen molar-refractivity contribution in [1.82, 2.24) is 5.32 Å². The van der Waals surface area contributed by atoms with Crippen LogP contribution in [0.25, 0.3) is 10.8 Å². The maximum atomic E-state index is 12.7. The summed E-state index contributed by atoms with van der Waals surface area (Å²) in [4.78, 5) is 26.2. The number of carbonyl (C=O) groups excluding carboxylic acids is 2. The molecule has 0 aromatic heterocycles. The van der Waals surface area contributed by atoms with E-state index in [1.165, 1.54) is 0 Å². The summed E-state index contributed by atoms with van der Waals surface area (Å²) in [5.41, 5.74) is -0.0470. The van der Waals surface area contributed by atoms with Gasteiger partial charge in [-0.25, -0.2) is 0 Å². The number of rotatable bonds is 2. The number of nitrogens with one attached hydrogen (secondary N) is 1. The van der Waals surface area contributed by atoms with Gasteiger partial charge in [-0.3, -0.25) is 9.59 Å². The van der Waals surface area contributed by atoms with Crippen LogP contribution in [-0.4, -0.2) is 23.9 Å². The third kappa shape index (κ3) is 2.27. The maximum Gasteiger partial charge on any atom is 0.252 e. The molecule has 0 spiro atoms. The van der Waals surface area contributed by atoms with Gasteiger partial charge in [-0.15, -0.1) is 0 Å². The third-order valence-corrected chi connectivity index (χ3v) is 4.19. The quantitative estimate of drug-likeness (QED) is 0.920. The van der Waals surface area contributed by atoms with E-state index in [0.29, 0.717) is 6.42 Å². The van der Waals surface area contributed by atoms with Gasteiger partial charge in [0.1, 0.15) is 12.1 Å². The minimum atomic E-state index is -0.818. The average molecular weight is 282 g/mol. The van der Waals surface area contributed by atoms with Crippen molar-refractivity contribution in [3.63, 3.8) is 0 Å². The number of carbonyl (C=O) groups is 2. The lowest BCUT2D eigenvalue weighted by atomic mass is 9.94. The van der Waals surface area contributed by atoms with Crippen molar-refractivity contribution in [2.75, 3.05) is 11.4 Å². The van der Waals surface area contributed by atoms with Gasteiger partial charge in [0.05, 0.1) is 0 Å². The van der Waals surface area contributed by atoms with E-state index >= 15 is 0 Å². The number of amides is 2. The molecule has 1 N–H and O–H groups in total. The zero-order valence-electron chi connectivity index (χ0n) is 12.2. The molecule has 2 aromatic rings. The van der Waals surface area contributed by atoms with Crippen LogP contribution in [0.3, 0.4) is 0 Å². The largest absolute Gasteiger partial charge is 0.340 e. The summed E-state index contributed by atoms with van der Waals surface area (Å²) in [6, 6.07) is 13.8. The first kappa shape index (κ1) is 13.6. The molecule has 108 valence electrons. The minimum absolute atomic E-state index is 0.0557. The van der Waals surface area contributed by atoms with Gasteiger partial charge in [-0.05, 0) is 36.2 Å². The van der Waals surface area contributed by atoms with Gasteiger partial charge < -0.3 is 10.2 Å². The predicted molar refractivity (Wildman–Crippen MR) is 83.1 cm³/mol. The second-order valence-electron chi connectivity index (χ2n) is 5.66. The van der Waals surface area contributed by atoms with Crippen molar-refractivity contribution < 1.29 is 9.59 Å². The highest BCUT2D eigenvalue weighted by Crippen LogP contribution is 2.27. The van der Waals surface area contributed by atoms with Crippen molar-refractivity contribution in [1.29, 1.82) is 0 Å². The molecule has 1 fully saturated rings. The van der Waals surface area contributed by atoms with Crippen LogP contribution >= 0.6 is 0 Å². The summed E-state index contributed by atoms with van der Waals surface area (Å²) < 4.78 is 0. The molecule has 1 unspecified atom stereocenters. The van der Waals surface area contributed by atoms with Crippen LogP contribution in [0.1, 0.15) is 20.3 Å². The lowest BCUT2D eigenvalue weighted by molar-refractivity contribution is -0.135. The molecule has 2 aromatic carbocycles. The van der Waals surface area contributed by atoms with Crippen molar-refractivity contribution in [2.45, 2.75) is 25.8 Å². The molecule has 0 saturated carbocycles. The van der Waals surface area contributed by atoms with E-state index in [9.17, 15) is 9.59 Å². The molecule has 3 rings (SSSR count). The standard InChI is InChI=1S/C17H18N2O2/c1-3-17(2)16(21)19(11-15(20)18-17)14-9-8-12-6-4-5-7-13(12)10-14/h4-10H,3,11H2,1-2H3,(H,18,20). The molecule has 21 heavy (non-hydrogen) atoms. The average Bonchev–Trinajstić information content (AvgIpc) is 2.50. The van der Waals surface area contributed by atoms with Gasteiger partial charge in [0.15, 0.2) is 0 Å². The van der Waals surface area contributed by atoms with Gasteiger partial charge in [0.2, 0.25) is 5.91 Å². The van der Waals surface area contributed by atoms with Crippen molar-refractivity contribution in [3.8, 4) is 0 Å². The Morgan fingerprint density at radius 2 is 1.86 bits per heavy atom. The van der Waals surface area contributed by atoms with Crippen LogP contribution in [0.2, 0.25) is 0 Å². The number of benzene rings is 2. The van der Waals surface area contributed by atoms with Crippen LogP contribution in [0.5, 0.6) is 0 Å². The van der Waals surface area contributed by atoms with Gasteiger partial charge in [0.25, 0.3) is 5.91 Å². The Morgan fingerprint density at radius 3 is 2.57 bits per heavy atom. The second kappa shape index (κ2) is 4.88. The van der Waals surface area contributed by atoms with Crippen molar-refractivity contribution in [3.05, 3.63) is 42.5 Å². The van der Waals surface area contributed by atoms with Gasteiger partial charge >= 0.3 is 0 Å². The summed E-state index contributed by atoms with van der Waals surface area (Å²) in [5, 5.41) is 4.98. The fraction of sp³-hybridized carbons (Fsp3) is 0.294. The SMILES string of the molecule is CCC1(C)NC(=O)CN(c2ccc3ccccc3c2)C1=O.